The van der Waals surface area contributed by atoms with E-state index in [2.05, 4.69) is 106 Å². The number of nitro groups is 1. The molecule has 5 heteroatoms. The third-order valence-corrected chi connectivity index (χ3v) is 8.00. The number of fused-ring (bicyclic) bond motifs is 4. The third kappa shape index (κ3) is 3.41. The van der Waals surface area contributed by atoms with Crippen LogP contribution in [0.1, 0.15) is 52.7 Å². The van der Waals surface area contributed by atoms with E-state index in [0.717, 1.165) is 30.0 Å². The molecule has 0 atom stereocenters. The van der Waals surface area contributed by atoms with Crippen molar-refractivity contribution < 1.29 is 9.50 Å². The van der Waals surface area contributed by atoms with Crippen molar-refractivity contribution in [3.05, 3.63) is 99.8 Å². The monoisotopic (exact) mass is 480 g/mol. The van der Waals surface area contributed by atoms with Crippen molar-refractivity contribution in [1.29, 1.82) is 0 Å². The van der Waals surface area contributed by atoms with Crippen LogP contribution < -0.4 is 4.90 Å². The highest BCUT2D eigenvalue weighted by Crippen LogP contribution is 2.49. The molecule has 0 spiro atoms. The van der Waals surface area contributed by atoms with Crippen LogP contribution in [0.25, 0.3) is 10.8 Å². The van der Waals surface area contributed by atoms with E-state index in [1.54, 1.807) is 12.1 Å². The Labute approximate surface area is 213 Å². The van der Waals surface area contributed by atoms with E-state index in [1.165, 1.54) is 27.7 Å². The summed E-state index contributed by atoms with van der Waals surface area (Å²) in [5, 5.41) is 14.0. The average molecular weight is 481 g/mol. The summed E-state index contributed by atoms with van der Waals surface area (Å²) in [7, 11) is 0. The predicted molar refractivity (Wildman–Crippen MR) is 149 cm³/mol. The topological polar surface area (TPSA) is 49.4 Å². The van der Waals surface area contributed by atoms with Gasteiger partial charge in [0.05, 0.1) is 15.7 Å². The molecule has 0 bridgehead atoms. The van der Waals surface area contributed by atoms with Crippen LogP contribution in [0.2, 0.25) is 0 Å². The number of non-ortho nitro benzene ring substituents is 1. The number of benzene rings is 3. The summed E-state index contributed by atoms with van der Waals surface area (Å²) in [5.41, 5.74) is 6.83. The van der Waals surface area contributed by atoms with Gasteiger partial charge < -0.3 is 4.90 Å². The summed E-state index contributed by atoms with van der Waals surface area (Å²) in [6.07, 6.45) is 6.60. The van der Waals surface area contributed by atoms with E-state index >= 15 is 0 Å². The number of anilines is 1. The van der Waals surface area contributed by atoms with Gasteiger partial charge in [-0.1, -0.05) is 50.3 Å². The van der Waals surface area contributed by atoms with Crippen molar-refractivity contribution in [3.8, 4) is 0 Å². The molecule has 0 amide bonds. The van der Waals surface area contributed by atoms with Gasteiger partial charge in [-0.2, -0.15) is 4.58 Å². The molecule has 0 N–H and O–H groups in total. The maximum absolute atomic E-state index is 11.4. The van der Waals surface area contributed by atoms with E-state index in [4.69, 9.17) is 0 Å². The fourth-order valence-electron chi connectivity index (χ4n) is 6.12. The molecule has 0 saturated carbocycles. The Hall–Kier alpha value is -3.73. The Bertz CT molecular complexity index is 1490. The molecule has 3 aromatic carbocycles. The van der Waals surface area contributed by atoms with Crippen LogP contribution in [0.3, 0.4) is 0 Å². The average Bonchev–Trinajstić information content (AvgIpc) is 3.22. The Kier molecular flexibility index (Phi) is 5.62. The number of nitrogens with zero attached hydrogens (tertiary/aromatic N) is 3. The second kappa shape index (κ2) is 8.44. The van der Waals surface area contributed by atoms with Crippen LogP contribution in [-0.4, -0.2) is 28.3 Å². The minimum atomic E-state index is -0.332. The molecule has 2 aliphatic rings. The Morgan fingerprint density at radius 1 is 0.972 bits per heavy atom. The van der Waals surface area contributed by atoms with E-state index < -0.39 is 0 Å². The lowest BCUT2D eigenvalue weighted by atomic mass is 9.80. The lowest BCUT2D eigenvalue weighted by molar-refractivity contribution is -0.431. The van der Waals surface area contributed by atoms with Crippen LogP contribution in [0.4, 0.5) is 17.1 Å². The van der Waals surface area contributed by atoms with E-state index in [9.17, 15) is 10.1 Å². The first-order valence-electron chi connectivity index (χ1n) is 12.7. The number of allylic oxidation sites excluding steroid dienone is 4. The van der Waals surface area contributed by atoms with E-state index in [1.807, 2.05) is 6.07 Å². The van der Waals surface area contributed by atoms with Gasteiger partial charge in [0.1, 0.15) is 6.54 Å². The minimum Gasteiger partial charge on any atom is -0.344 e. The molecule has 0 fully saturated rings. The van der Waals surface area contributed by atoms with Crippen LogP contribution in [0, 0.1) is 10.1 Å². The maximum Gasteiger partial charge on any atom is 0.269 e. The molecule has 0 saturated heterocycles. The quantitative estimate of drug-likeness (QED) is 0.217. The fourth-order valence-corrected chi connectivity index (χ4v) is 6.12. The second-order valence-corrected chi connectivity index (χ2v) is 10.7. The van der Waals surface area contributed by atoms with Crippen LogP contribution >= 0.6 is 0 Å². The van der Waals surface area contributed by atoms with Gasteiger partial charge in [0.15, 0.2) is 5.71 Å². The Morgan fingerprint density at radius 3 is 2.42 bits per heavy atom. The molecule has 0 aromatic heterocycles. The van der Waals surface area contributed by atoms with E-state index in [-0.39, 0.29) is 21.4 Å². The largest absolute Gasteiger partial charge is 0.344 e. The van der Waals surface area contributed by atoms with Crippen molar-refractivity contribution >= 4 is 33.5 Å². The summed E-state index contributed by atoms with van der Waals surface area (Å²) in [6.45, 7) is 14.9. The van der Waals surface area contributed by atoms with Crippen molar-refractivity contribution in [2.24, 2.45) is 0 Å². The smallest absolute Gasteiger partial charge is 0.269 e. The molecule has 0 aliphatic carbocycles. The summed E-state index contributed by atoms with van der Waals surface area (Å²) in [6, 6.07) is 18.3. The van der Waals surface area contributed by atoms with Crippen LogP contribution in [-0.2, 0) is 10.8 Å². The van der Waals surface area contributed by atoms with Gasteiger partial charge in [-0.05, 0) is 56.9 Å². The number of hydrogen-bond donors (Lipinski definition) is 0. The zero-order valence-corrected chi connectivity index (χ0v) is 22.0. The standard InChI is InChI=1S/C31H34N3O2/c1-7-32-26-19-17-22(34(35)36)20-25(26)31(5,6)27(32)14-11-15-28-30(3,4)24-18-16-21-12-9-10-13-23(21)29(24)33(28)8-2/h9-20H,7-8H2,1-6H3/q+1. The van der Waals surface area contributed by atoms with Crippen molar-refractivity contribution in [2.45, 2.75) is 52.4 Å². The highest BCUT2D eigenvalue weighted by molar-refractivity contribution is 6.07. The number of nitro benzene ring substituents is 1. The third-order valence-electron chi connectivity index (χ3n) is 8.00. The second-order valence-electron chi connectivity index (χ2n) is 10.7. The molecule has 5 rings (SSSR count). The summed E-state index contributed by atoms with van der Waals surface area (Å²) in [5.74, 6) is 0. The SMILES string of the molecule is CCN1/C(=C\C=C\C2=[N+](CC)c3c(ccc4ccccc34)C2(C)C)C(C)(C)c2cc([N+](=O)[O-])ccc21. The Morgan fingerprint density at radius 2 is 1.72 bits per heavy atom. The summed E-state index contributed by atoms with van der Waals surface area (Å²) < 4.78 is 2.45. The van der Waals surface area contributed by atoms with Gasteiger partial charge in [0.2, 0.25) is 5.69 Å². The van der Waals surface area contributed by atoms with Crippen LogP contribution in [0.15, 0.2) is 78.5 Å². The molecule has 3 aromatic rings. The molecule has 184 valence electrons. The maximum atomic E-state index is 11.4. The highest BCUT2D eigenvalue weighted by atomic mass is 16.6. The molecule has 2 heterocycles. The molecule has 2 aliphatic heterocycles. The molecule has 36 heavy (non-hydrogen) atoms. The summed E-state index contributed by atoms with van der Waals surface area (Å²) >= 11 is 0. The molecule has 0 unspecified atom stereocenters. The van der Waals surface area contributed by atoms with Crippen molar-refractivity contribution in [1.82, 2.24) is 0 Å². The zero-order chi connectivity index (χ0) is 25.8. The van der Waals surface area contributed by atoms with Crippen molar-refractivity contribution in [2.75, 3.05) is 18.0 Å². The fraction of sp³-hybridized carbons (Fsp3) is 0.323. The van der Waals surface area contributed by atoms with E-state index in [0.29, 0.717) is 0 Å². The molecule has 5 nitrogen and oxygen atoms in total. The molecule has 0 radical (unpaired) electrons. The first-order valence-corrected chi connectivity index (χ1v) is 12.7. The van der Waals surface area contributed by atoms with Crippen LogP contribution in [0.5, 0.6) is 0 Å². The number of hydrogen-bond acceptors (Lipinski definition) is 3. The van der Waals surface area contributed by atoms with Gasteiger partial charge in [-0.3, -0.25) is 10.1 Å². The van der Waals surface area contributed by atoms with Gasteiger partial charge in [-0.25, -0.2) is 0 Å². The zero-order valence-electron chi connectivity index (χ0n) is 22.0. The Balaban J connectivity index is 1.59. The van der Waals surface area contributed by atoms with Gasteiger partial charge >= 0.3 is 0 Å². The molecular weight excluding hydrogens is 446 g/mol. The van der Waals surface area contributed by atoms with Crippen molar-refractivity contribution in [3.63, 3.8) is 0 Å². The highest BCUT2D eigenvalue weighted by Gasteiger charge is 2.45. The minimum absolute atomic E-state index is 0.121. The lowest BCUT2D eigenvalue weighted by Crippen LogP contribution is -2.28. The van der Waals surface area contributed by atoms with Gasteiger partial charge in [-0.15, -0.1) is 0 Å². The first-order chi connectivity index (χ1) is 17.1. The van der Waals surface area contributed by atoms with Gasteiger partial charge in [0, 0.05) is 47.1 Å². The lowest BCUT2D eigenvalue weighted by Gasteiger charge is -2.25. The molecular formula is C31H34N3O2+. The number of rotatable bonds is 5. The normalized spacial score (nSPS) is 18.9. The summed E-state index contributed by atoms with van der Waals surface area (Å²) in [4.78, 5) is 13.4. The van der Waals surface area contributed by atoms with Gasteiger partial charge in [0.25, 0.3) is 5.69 Å². The first kappa shape index (κ1) is 24.0. The number of likely N-dealkylation sites (N-methyl/N-ethyl adjacent to an activating group) is 1. The predicted octanol–water partition coefficient (Wildman–Crippen LogP) is 7.40.